The summed E-state index contributed by atoms with van der Waals surface area (Å²) >= 11 is 0. The predicted octanol–water partition coefficient (Wildman–Crippen LogP) is 2.22. The summed E-state index contributed by atoms with van der Waals surface area (Å²) in [5.41, 5.74) is 6.38. The van der Waals surface area contributed by atoms with Crippen molar-refractivity contribution < 1.29 is 19.1 Å². The quantitative estimate of drug-likeness (QED) is 0.763. The number of phenolic OH excluding ortho intramolecular Hbond substituents is 1. The third kappa shape index (κ3) is 4.63. The fourth-order valence-corrected chi connectivity index (χ4v) is 2.52. The summed E-state index contributed by atoms with van der Waals surface area (Å²) in [5, 5.41) is 10.2. The van der Waals surface area contributed by atoms with Crippen LogP contribution in [0.2, 0.25) is 0 Å². The van der Waals surface area contributed by atoms with E-state index in [2.05, 4.69) is 0 Å². The van der Waals surface area contributed by atoms with Crippen molar-refractivity contribution in [2.75, 3.05) is 6.54 Å². The molecule has 0 atom stereocenters. The number of Topliss-reactive ketones (excluding diaryl/α,β-unsaturated/α-hetero) is 1. The third-order valence-electron chi connectivity index (χ3n) is 3.56. The van der Waals surface area contributed by atoms with Crippen LogP contribution in [0.3, 0.4) is 0 Å². The molecule has 0 aromatic heterocycles. The summed E-state index contributed by atoms with van der Waals surface area (Å²) in [5.74, 6) is -1.86. The number of ketones is 1. The van der Waals surface area contributed by atoms with Crippen LogP contribution in [0.25, 0.3) is 0 Å². The smallest absolute Gasteiger partial charge is 0.231 e. The maximum absolute atomic E-state index is 13.7. The molecule has 24 heavy (non-hydrogen) atoms. The molecule has 2 aromatic rings. The minimum atomic E-state index is -0.619. The zero-order valence-electron chi connectivity index (χ0n) is 13.3. The van der Waals surface area contributed by atoms with Gasteiger partial charge in [0, 0.05) is 18.7 Å². The normalized spacial score (nSPS) is 10.8. The van der Waals surface area contributed by atoms with Gasteiger partial charge in [-0.05, 0) is 24.6 Å². The van der Waals surface area contributed by atoms with Crippen LogP contribution in [0.4, 0.5) is 4.39 Å². The number of nitrogens with two attached hydrogens (primary N) is 1. The fraction of sp³-hybridized carbons (Fsp3) is 0.222. The SMILES string of the molecule is CC(=O)c1cc(F)cc(CN(CC(N)=O)Cc2ccccc2)c1O. The molecule has 3 N–H and O–H groups in total. The van der Waals surface area contributed by atoms with Crippen LogP contribution in [0, 0.1) is 5.82 Å². The average Bonchev–Trinajstić information content (AvgIpc) is 2.50. The number of hydrogen-bond donors (Lipinski definition) is 2. The molecule has 0 fully saturated rings. The van der Waals surface area contributed by atoms with E-state index in [1.54, 1.807) is 4.90 Å². The van der Waals surface area contributed by atoms with E-state index >= 15 is 0 Å². The minimum Gasteiger partial charge on any atom is -0.507 e. The predicted molar refractivity (Wildman–Crippen MR) is 87.8 cm³/mol. The highest BCUT2D eigenvalue weighted by molar-refractivity contribution is 5.97. The molecule has 126 valence electrons. The molecule has 0 aliphatic heterocycles. The van der Waals surface area contributed by atoms with E-state index in [9.17, 15) is 19.1 Å². The molecular weight excluding hydrogens is 311 g/mol. The van der Waals surface area contributed by atoms with Crippen molar-refractivity contribution in [3.05, 3.63) is 65.0 Å². The summed E-state index contributed by atoms with van der Waals surface area (Å²) in [6.07, 6.45) is 0. The van der Waals surface area contributed by atoms with Gasteiger partial charge in [-0.2, -0.15) is 0 Å². The molecule has 6 heteroatoms. The van der Waals surface area contributed by atoms with E-state index in [0.29, 0.717) is 6.54 Å². The molecule has 0 aliphatic carbocycles. The van der Waals surface area contributed by atoms with Crippen molar-refractivity contribution in [2.24, 2.45) is 5.73 Å². The van der Waals surface area contributed by atoms with Crippen molar-refractivity contribution in [2.45, 2.75) is 20.0 Å². The molecule has 2 aromatic carbocycles. The van der Waals surface area contributed by atoms with Gasteiger partial charge in [0.25, 0.3) is 0 Å². The molecule has 0 unspecified atom stereocenters. The number of carbonyl (C=O) groups is 2. The summed E-state index contributed by atoms with van der Waals surface area (Å²) in [4.78, 5) is 24.5. The fourth-order valence-electron chi connectivity index (χ4n) is 2.52. The van der Waals surface area contributed by atoms with Gasteiger partial charge < -0.3 is 10.8 Å². The van der Waals surface area contributed by atoms with Crippen LogP contribution in [0.1, 0.15) is 28.4 Å². The van der Waals surface area contributed by atoms with Crippen LogP contribution < -0.4 is 5.73 Å². The Hall–Kier alpha value is -2.73. The molecule has 0 radical (unpaired) electrons. The Labute approximate surface area is 139 Å². The Morgan fingerprint density at radius 3 is 2.42 bits per heavy atom. The standard InChI is InChI=1S/C18H19FN2O3/c1-12(22)16-8-15(19)7-14(18(16)24)10-21(11-17(20)23)9-13-5-3-2-4-6-13/h2-8,24H,9-11H2,1H3,(H2,20,23). The van der Waals surface area contributed by atoms with E-state index in [-0.39, 0.29) is 30.0 Å². The first-order valence-corrected chi connectivity index (χ1v) is 7.43. The minimum absolute atomic E-state index is 0.0553. The Bertz CT molecular complexity index is 747. The lowest BCUT2D eigenvalue weighted by molar-refractivity contribution is -0.119. The molecule has 0 saturated carbocycles. The Morgan fingerprint density at radius 2 is 1.83 bits per heavy atom. The lowest BCUT2D eigenvalue weighted by Crippen LogP contribution is -2.33. The van der Waals surface area contributed by atoms with Crippen LogP contribution in [0.5, 0.6) is 5.75 Å². The average molecular weight is 330 g/mol. The molecule has 0 bridgehead atoms. The Morgan fingerprint density at radius 1 is 1.17 bits per heavy atom. The lowest BCUT2D eigenvalue weighted by Gasteiger charge is -2.22. The number of primary amides is 1. The van der Waals surface area contributed by atoms with Crippen LogP contribution in [0.15, 0.2) is 42.5 Å². The van der Waals surface area contributed by atoms with Gasteiger partial charge in [0.05, 0.1) is 12.1 Å². The highest BCUT2D eigenvalue weighted by Gasteiger charge is 2.17. The van der Waals surface area contributed by atoms with Gasteiger partial charge in [0.2, 0.25) is 5.91 Å². The van der Waals surface area contributed by atoms with Gasteiger partial charge in [-0.15, -0.1) is 0 Å². The molecule has 0 aliphatic rings. The van der Waals surface area contributed by atoms with Crippen molar-refractivity contribution in [3.8, 4) is 5.75 Å². The van der Waals surface area contributed by atoms with Crippen molar-refractivity contribution in [1.82, 2.24) is 4.90 Å². The number of phenols is 1. The summed E-state index contributed by atoms with van der Waals surface area (Å²) in [7, 11) is 0. The maximum atomic E-state index is 13.7. The Kier molecular flexibility index (Phi) is 5.65. The number of halogens is 1. The second-order valence-electron chi connectivity index (χ2n) is 5.61. The number of nitrogens with zero attached hydrogens (tertiary/aromatic N) is 1. The summed E-state index contributed by atoms with van der Waals surface area (Å²) in [6.45, 7) is 1.68. The van der Waals surface area contributed by atoms with Gasteiger partial charge >= 0.3 is 0 Å². The Balaban J connectivity index is 2.29. The van der Waals surface area contributed by atoms with Gasteiger partial charge in [-0.1, -0.05) is 30.3 Å². The van der Waals surface area contributed by atoms with Gasteiger partial charge in [-0.3, -0.25) is 14.5 Å². The van der Waals surface area contributed by atoms with E-state index in [1.807, 2.05) is 30.3 Å². The zero-order chi connectivity index (χ0) is 17.7. The molecule has 0 heterocycles. The first-order chi connectivity index (χ1) is 11.4. The number of amides is 1. The summed E-state index contributed by atoms with van der Waals surface area (Å²) < 4.78 is 13.7. The largest absolute Gasteiger partial charge is 0.507 e. The second kappa shape index (κ2) is 7.70. The second-order valence-corrected chi connectivity index (χ2v) is 5.61. The van der Waals surface area contributed by atoms with Crippen molar-refractivity contribution >= 4 is 11.7 Å². The van der Waals surface area contributed by atoms with Gasteiger partial charge in [-0.25, -0.2) is 4.39 Å². The molecule has 5 nitrogen and oxygen atoms in total. The number of rotatable bonds is 7. The van der Waals surface area contributed by atoms with Gasteiger partial charge in [0.15, 0.2) is 5.78 Å². The monoisotopic (exact) mass is 330 g/mol. The highest BCUT2D eigenvalue weighted by Crippen LogP contribution is 2.26. The van der Waals surface area contributed by atoms with Crippen LogP contribution in [-0.2, 0) is 17.9 Å². The topological polar surface area (TPSA) is 83.6 Å². The zero-order valence-corrected chi connectivity index (χ0v) is 13.3. The van der Waals surface area contributed by atoms with E-state index < -0.39 is 17.5 Å². The molecule has 2 rings (SSSR count). The van der Waals surface area contributed by atoms with Crippen molar-refractivity contribution in [1.29, 1.82) is 0 Å². The van der Waals surface area contributed by atoms with Crippen molar-refractivity contribution in [3.63, 3.8) is 0 Å². The van der Waals surface area contributed by atoms with E-state index in [4.69, 9.17) is 5.73 Å². The number of benzene rings is 2. The van der Waals surface area contributed by atoms with Crippen LogP contribution in [-0.4, -0.2) is 28.2 Å². The van der Waals surface area contributed by atoms with Crippen LogP contribution >= 0.6 is 0 Å². The molecular formula is C18H19FN2O3. The first-order valence-electron chi connectivity index (χ1n) is 7.43. The number of hydrogen-bond acceptors (Lipinski definition) is 4. The molecule has 0 saturated heterocycles. The highest BCUT2D eigenvalue weighted by atomic mass is 19.1. The summed E-state index contributed by atoms with van der Waals surface area (Å²) in [6, 6.07) is 11.5. The molecule has 1 amide bonds. The molecule has 0 spiro atoms. The maximum Gasteiger partial charge on any atom is 0.231 e. The van der Waals surface area contributed by atoms with E-state index in [1.165, 1.54) is 6.92 Å². The lowest BCUT2D eigenvalue weighted by atomic mass is 10.0. The third-order valence-corrected chi connectivity index (χ3v) is 3.56. The van der Waals surface area contributed by atoms with E-state index in [0.717, 1.165) is 17.7 Å². The first kappa shape index (κ1) is 17.6. The number of carbonyl (C=O) groups excluding carboxylic acids is 2. The number of aromatic hydroxyl groups is 1. The van der Waals surface area contributed by atoms with Gasteiger partial charge in [0.1, 0.15) is 11.6 Å².